The second kappa shape index (κ2) is 15.8. The van der Waals surface area contributed by atoms with E-state index in [2.05, 4.69) is 5.32 Å². The molecule has 48 heavy (non-hydrogen) atoms. The molecule has 0 aromatic heterocycles. The highest BCUT2D eigenvalue weighted by Crippen LogP contribution is 2.29. The van der Waals surface area contributed by atoms with Crippen molar-refractivity contribution in [1.82, 2.24) is 10.2 Å². The summed E-state index contributed by atoms with van der Waals surface area (Å²) in [5.41, 5.74) is 4.72. The Morgan fingerprint density at radius 2 is 1.50 bits per heavy atom. The minimum Gasteiger partial charge on any atom is -0.352 e. The maximum Gasteiger partial charge on any atom is 0.264 e. The summed E-state index contributed by atoms with van der Waals surface area (Å²) in [5.74, 6) is -0.735. The number of halogens is 1. The van der Waals surface area contributed by atoms with Crippen LogP contribution >= 0.6 is 11.6 Å². The molecule has 1 aliphatic rings. The molecule has 0 spiro atoms. The average Bonchev–Trinajstić information content (AvgIpc) is 3.07. The molecule has 0 aliphatic heterocycles. The summed E-state index contributed by atoms with van der Waals surface area (Å²) in [7, 11) is -4.21. The SMILES string of the molecule is Cc1ccc(S(=O)(=O)N(CC(=O)N(Cc2cccc(C)c2)C(Cc2ccccc2)C(=O)NC2CCCCC2)c2ccc(C)c(Cl)c2)cc1. The topological polar surface area (TPSA) is 86.8 Å². The van der Waals surface area contributed by atoms with Crippen LogP contribution in [0.3, 0.4) is 0 Å². The molecule has 1 unspecified atom stereocenters. The Labute approximate surface area is 290 Å². The molecule has 9 heteroatoms. The molecule has 4 aromatic rings. The van der Waals surface area contributed by atoms with Crippen LogP contribution in [0.2, 0.25) is 5.02 Å². The van der Waals surface area contributed by atoms with E-state index >= 15 is 0 Å². The summed E-state index contributed by atoms with van der Waals surface area (Å²) >= 11 is 6.50. The van der Waals surface area contributed by atoms with E-state index in [-0.39, 0.29) is 35.5 Å². The van der Waals surface area contributed by atoms with Gasteiger partial charge in [0.1, 0.15) is 12.6 Å². The highest BCUT2D eigenvalue weighted by atomic mass is 35.5. The predicted octanol–water partition coefficient (Wildman–Crippen LogP) is 7.55. The Morgan fingerprint density at radius 3 is 2.17 bits per heavy atom. The number of sulfonamides is 1. The van der Waals surface area contributed by atoms with Crippen LogP contribution in [0.5, 0.6) is 0 Å². The number of carbonyl (C=O) groups excluding carboxylic acids is 2. The van der Waals surface area contributed by atoms with Crippen LogP contribution in [0.1, 0.15) is 59.9 Å². The highest BCUT2D eigenvalue weighted by molar-refractivity contribution is 7.92. The van der Waals surface area contributed by atoms with Gasteiger partial charge in [-0.05, 0) is 74.6 Å². The summed E-state index contributed by atoms with van der Waals surface area (Å²) in [6.45, 7) is 5.29. The lowest BCUT2D eigenvalue weighted by atomic mass is 9.94. The van der Waals surface area contributed by atoms with Gasteiger partial charge in [-0.1, -0.05) is 115 Å². The van der Waals surface area contributed by atoms with E-state index in [9.17, 15) is 18.0 Å². The molecule has 0 radical (unpaired) electrons. The molecule has 5 rings (SSSR count). The molecule has 0 bridgehead atoms. The summed E-state index contributed by atoms with van der Waals surface area (Å²) in [6, 6.07) is 28.1. The zero-order chi connectivity index (χ0) is 34.3. The first kappa shape index (κ1) is 35.2. The first-order valence-corrected chi connectivity index (χ1v) is 18.4. The van der Waals surface area contributed by atoms with Crippen molar-refractivity contribution in [2.24, 2.45) is 0 Å². The molecule has 0 saturated heterocycles. The maximum absolute atomic E-state index is 14.7. The Hall–Kier alpha value is -4.14. The first-order chi connectivity index (χ1) is 23.0. The molecule has 252 valence electrons. The Bertz CT molecular complexity index is 1820. The predicted molar refractivity (Wildman–Crippen MR) is 193 cm³/mol. The van der Waals surface area contributed by atoms with Crippen molar-refractivity contribution in [2.45, 2.75) is 82.8 Å². The van der Waals surface area contributed by atoms with Crippen molar-refractivity contribution in [1.29, 1.82) is 0 Å². The van der Waals surface area contributed by atoms with Gasteiger partial charge in [0, 0.05) is 24.0 Å². The average molecular weight is 686 g/mol. The first-order valence-electron chi connectivity index (χ1n) is 16.6. The van der Waals surface area contributed by atoms with Crippen molar-refractivity contribution in [3.05, 3.63) is 130 Å². The van der Waals surface area contributed by atoms with Gasteiger partial charge < -0.3 is 10.2 Å². The van der Waals surface area contributed by atoms with E-state index < -0.39 is 28.5 Å². The third-order valence-corrected chi connectivity index (χ3v) is 11.2. The number of carbonyl (C=O) groups is 2. The molecule has 0 heterocycles. The highest BCUT2D eigenvalue weighted by Gasteiger charge is 2.35. The zero-order valence-electron chi connectivity index (χ0n) is 27.9. The molecule has 1 atom stereocenters. The molecule has 1 saturated carbocycles. The Balaban J connectivity index is 1.58. The molecule has 1 aliphatic carbocycles. The van der Waals surface area contributed by atoms with E-state index in [0.717, 1.165) is 64.2 Å². The number of anilines is 1. The van der Waals surface area contributed by atoms with Gasteiger partial charge in [-0.2, -0.15) is 0 Å². The summed E-state index contributed by atoms with van der Waals surface area (Å²) < 4.78 is 29.7. The molecule has 7 nitrogen and oxygen atoms in total. The Kier molecular flexibility index (Phi) is 11.6. The number of nitrogens with zero attached hydrogens (tertiary/aromatic N) is 2. The van der Waals surface area contributed by atoms with Crippen molar-refractivity contribution in [3.63, 3.8) is 0 Å². The van der Waals surface area contributed by atoms with Crippen molar-refractivity contribution < 1.29 is 18.0 Å². The molecular formula is C39H44ClN3O4S. The normalized spacial score (nSPS) is 14.2. The number of nitrogens with one attached hydrogen (secondary N) is 1. The Morgan fingerprint density at radius 1 is 0.812 bits per heavy atom. The third kappa shape index (κ3) is 8.85. The molecule has 4 aromatic carbocycles. The fourth-order valence-corrected chi connectivity index (χ4v) is 7.79. The smallest absolute Gasteiger partial charge is 0.264 e. The van der Waals surface area contributed by atoms with Gasteiger partial charge in [-0.3, -0.25) is 13.9 Å². The van der Waals surface area contributed by atoms with Gasteiger partial charge in [0.05, 0.1) is 10.6 Å². The fraction of sp³-hybridized carbons (Fsp3) is 0.333. The lowest BCUT2D eigenvalue weighted by Gasteiger charge is -2.35. The van der Waals surface area contributed by atoms with Gasteiger partial charge in [0.25, 0.3) is 10.0 Å². The molecule has 1 N–H and O–H groups in total. The van der Waals surface area contributed by atoms with E-state index in [1.165, 1.54) is 12.1 Å². The quantitative estimate of drug-likeness (QED) is 0.167. The number of amides is 2. The monoisotopic (exact) mass is 685 g/mol. The number of hydrogen-bond donors (Lipinski definition) is 1. The van der Waals surface area contributed by atoms with Crippen LogP contribution in [0.15, 0.2) is 102 Å². The van der Waals surface area contributed by atoms with Gasteiger partial charge in [-0.25, -0.2) is 8.42 Å². The van der Waals surface area contributed by atoms with E-state index in [1.807, 2.05) is 75.4 Å². The number of aryl methyl sites for hydroxylation is 3. The van der Waals surface area contributed by atoms with Gasteiger partial charge in [-0.15, -0.1) is 0 Å². The minimum atomic E-state index is -4.21. The number of rotatable bonds is 12. The molecule has 2 amide bonds. The lowest BCUT2D eigenvalue weighted by molar-refractivity contribution is -0.140. The third-order valence-electron chi connectivity index (χ3n) is 8.99. The largest absolute Gasteiger partial charge is 0.352 e. The fourth-order valence-electron chi connectivity index (χ4n) is 6.21. The van der Waals surface area contributed by atoms with Crippen LogP contribution in [0, 0.1) is 20.8 Å². The van der Waals surface area contributed by atoms with Gasteiger partial charge in [0.15, 0.2) is 0 Å². The van der Waals surface area contributed by atoms with Crippen LogP contribution < -0.4 is 9.62 Å². The summed E-state index contributed by atoms with van der Waals surface area (Å²) in [6.07, 6.45) is 5.30. The van der Waals surface area contributed by atoms with Crippen LogP contribution in [-0.2, 0) is 32.6 Å². The molecular weight excluding hydrogens is 642 g/mol. The second-order valence-corrected chi connectivity index (χ2v) is 15.1. The van der Waals surface area contributed by atoms with Crippen LogP contribution in [0.25, 0.3) is 0 Å². The number of benzene rings is 4. The van der Waals surface area contributed by atoms with Gasteiger partial charge >= 0.3 is 0 Å². The van der Waals surface area contributed by atoms with Crippen molar-refractivity contribution in [3.8, 4) is 0 Å². The second-order valence-electron chi connectivity index (χ2n) is 12.8. The van der Waals surface area contributed by atoms with E-state index in [0.29, 0.717) is 5.02 Å². The maximum atomic E-state index is 14.7. The summed E-state index contributed by atoms with van der Waals surface area (Å²) in [5, 5.41) is 3.63. The van der Waals surface area contributed by atoms with Crippen molar-refractivity contribution in [2.75, 3.05) is 10.8 Å². The number of hydrogen-bond acceptors (Lipinski definition) is 4. The zero-order valence-corrected chi connectivity index (χ0v) is 29.4. The molecule has 1 fully saturated rings. The van der Waals surface area contributed by atoms with Crippen LogP contribution in [-0.4, -0.2) is 43.8 Å². The van der Waals surface area contributed by atoms with Crippen molar-refractivity contribution >= 4 is 39.1 Å². The van der Waals surface area contributed by atoms with Gasteiger partial charge in [0.2, 0.25) is 11.8 Å². The van der Waals surface area contributed by atoms with E-state index in [4.69, 9.17) is 11.6 Å². The van der Waals surface area contributed by atoms with Crippen LogP contribution in [0.4, 0.5) is 5.69 Å². The standard InChI is InChI=1S/C39H44ClN3O4S/c1-28-17-21-35(22-18-28)48(46,47)43(34-20-19-30(3)36(40)25-34)27-38(44)42(26-32-14-10-11-29(2)23-32)37(24-31-12-6-4-7-13-31)39(45)41-33-15-8-5-9-16-33/h4,6-7,10-14,17-23,25,33,37H,5,8-9,15-16,24,26-27H2,1-3H3,(H,41,45). The lowest BCUT2D eigenvalue weighted by Crippen LogP contribution is -2.55. The van der Waals surface area contributed by atoms with E-state index in [1.54, 1.807) is 35.2 Å². The minimum absolute atomic E-state index is 0.0357. The summed E-state index contributed by atoms with van der Waals surface area (Å²) in [4.78, 5) is 30.6.